The fourth-order valence-corrected chi connectivity index (χ4v) is 6.73. The fourth-order valence-electron chi connectivity index (χ4n) is 3.94. The van der Waals surface area contributed by atoms with Gasteiger partial charge in [0.1, 0.15) is 11.3 Å². The minimum absolute atomic E-state index is 0. The highest BCUT2D eigenvalue weighted by molar-refractivity contribution is 7.99. The summed E-state index contributed by atoms with van der Waals surface area (Å²) in [7, 11) is -1.79. The van der Waals surface area contributed by atoms with Crippen molar-refractivity contribution in [1.82, 2.24) is 9.88 Å². The highest BCUT2D eigenvalue weighted by Gasteiger charge is 2.23. The molecule has 0 aliphatic carbocycles. The number of para-hydroxylation sites is 1. The number of thiazole rings is 1. The average Bonchev–Trinajstić information content (AvgIpc) is 3.31. The number of halogens is 1. The van der Waals surface area contributed by atoms with Gasteiger partial charge < -0.3 is 9.47 Å². The van der Waals surface area contributed by atoms with Crippen LogP contribution in [-0.4, -0.2) is 82.7 Å². The number of anilines is 1. The van der Waals surface area contributed by atoms with E-state index in [4.69, 9.17) is 9.47 Å². The number of sulfone groups is 1. The van der Waals surface area contributed by atoms with Gasteiger partial charge in [-0.3, -0.25) is 14.6 Å². The van der Waals surface area contributed by atoms with Gasteiger partial charge in [-0.25, -0.2) is 13.4 Å². The highest BCUT2D eigenvalue weighted by Crippen LogP contribution is 2.33. The molecule has 0 saturated carbocycles. The molecule has 1 saturated heterocycles. The molecule has 1 aromatic heterocycles. The Morgan fingerprint density at radius 1 is 1.19 bits per heavy atom. The molecule has 0 bridgehead atoms. The van der Waals surface area contributed by atoms with Gasteiger partial charge in [-0.2, -0.15) is 0 Å². The Kier molecular flexibility index (Phi) is 11.0. The molecule has 0 spiro atoms. The molecule has 3 aromatic rings. The van der Waals surface area contributed by atoms with Crippen LogP contribution in [0.4, 0.5) is 5.13 Å². The maximum absolute atomic E-state index is 13.4. The lowest BCUT2D eigenvalue weighted by atomic mass is 10.3. The zero-order valence-corrected chi connectivity index (χ0v) is 24.2. The fraction of sp³-hybridized carbons (Fsp3) is 0.440. The molecular weight excluding hydrogens is 554 g/mol. The second kappa shape index (κ2) is 13.8. The van der Waals surface area contributed by atoms with Crippen molar-refractivity contribution in [3.63, 3.8) is 0 Å². The third kappa shape index (κ3) is 8.05. The quantitative estimate of drug-likeness (QED) is 0.242. The molecule has 1 amide bonds. The van der Waals surface area contributed by atoms with Crippen molar-refractivity contribution in [3.05, 3.63) is 42.5 Å². The first-order valence-corrected chi connectivity index (χ1v) is 15.5. The number of morpholine rings is 1. The summed E-state index contributed by atoms with van der Waals surface area (Å²) in [6.45, 7) is 4.25. The van der Waals surface area contributed by atoms with E-state index in [1.807, 2.05) is 30.3 Å². The van der Waals surface area contributed by atoms with Gasteiger partial charge in [-0.05, 0) is 48.6 Å². The molecule has 8 nitrogen and oxygen atoms in total. The number of rotatable bonds is 11. The predicted octanol–water partition coefficient (Wildman–Crippen LogP) is 4.37. The number of carbonyl (C=O) groups excluding carboxylic acids is 1. The van der Waals surface area contributed by atoms with Gasteiger partial charge in [0.2, 0.25) is 5.91 Å². The number of carbonyl (C=O) groups is 1. The number of ether oxygens (including phenoxy) is 2. The molecule has 12 heteroatoms. The van der Waals surface area contributed by atoms with Crippen LogP contribution in [0.2, 0.25) is 0 Å². The summed E-state index contributed by atoms with van der Waals surface area (Å²) in [6, 6.07) is 13.0. The Balaban J connectivity index is 0.00000380. The number of hydrogen-bond donors (Lipinski definition) is 0. The molecule has 0 unspecified atom stereocenters. The average molecular weight is 586 g/mol. The summed E-state index contributed by atoms with van der Waals surface area (Å²) >= 11 is 3.06. The van der Waals surface area contributed by atoms with Crippen molar-refractivity contribution in [2.45, 2.75) is 22.6 Å². The monoisotopic (exact) mass is 585 g/mol. The largest absolute Gasteiger partial charge is 0.497 e. The molecule has 2 heterocycles. The smallest absolute Gasteiger partial charge is 0.228 e. The summed E-state index contributed by atoms with van der Waals surface area (Å²) in [4.78, 5) is 23.3. The predicted molar refractivity (Wildman–Crippen MR) is 153 cm³/mol. The van der Waals surface area contributed by atoms with E-state index in [0.717, 1.165) is 40.6 Å². The SMILES string of the molecule is COc1ccc(SCCCC(=O)N(CCN2CCOCC2)c2nc3c(S(C)(=O)=O)cccc3s2)cc1.Cl. The zero-order valence-electron chi connectivity index (χ0n) is 20.9. The van der Waals surface area contributed by atoms with E-state index < -0.39 is 9.84 Å². The van der Waals surface area contributed by atoms with E-state index in [-0.39, 0.29) is 23.2 Å². The molecule has 37 heavy (non-hydrogen) atoms. The number of nitrogens with zero attached hydrogens (tertiary/aromatic N) is 3. The first-order valence-electron chi connectivity index (χ1n) is 11.8. The Labute approximate surface area is 232 Å². The van der Waals surface area contributed by atoms with Crippen LogP contribution in [0.5, 0.6) is 5.75 Å². The normalized spacial score (nSPS) is 14.3. The summed E-state index contributed by atoms with van der Waals surface area (Å²) in [6.07, 6.45) is 2.30. The maximum atomic E-state index is 13.4. The van der Waals surface area contributed by atoms with Crippen LogP contribution >= 0.6 is 35.5 Å². The lowest BCUT2D eigenvalue weighted by Gasteiger charge is -2.29. The lowest BCUT2D eigenvalue weighted by molar-refractivity contribution is -0.118. The van der Waals surface area contributed by atoms with Crippen molar-refractivity contribution in [3.8, 4) is 5.75 Å². The van der Waals surface area contributed by atoms with Gasteiger partial charge in [0.15, 0.2) is 15.0 Å². The second-order valence-electron chi connectivity index (χ2n) is 8.50. The van der Waals surface area contributed by atoms with Crippen molar-refractivity contribution in [1.29, 1.82) is 0 Å². The molecular formula is C25H32ClN3O5S3. The van der Waals surface area contributed by atoms with E-state index in [1.54, 1.807) is 35.9 Å². The minimum atomic E-state index is -3.43. The zero-order chi connectivity index (χ0) is 25.5. The van der Waals surface area contributed by atoms with E-state index in [2.05, 4.69) is 9.88 Å². The van der Waals surface area contributed by atoms with E-state index in [0.29, 0.717) is 43.4 Å². The van der Waals surface area contributed by atoms with Crippen LogP contribution in [0, 0.1) is 0 Å². The standard InChI is InChI=1S/C25H31N3O5S3.ClH/c1-32-19-8-10-20(11-9-19)34-18-4-7-23(29)28(13-12-27-14-16-33-17-15-27)25-26-24-21(35-25)5-3-6-22(24)36(2,30)31;/h3,5-6,8-11H,4,7,12-18H2,1-2H3;1H. The number of methoxy groups -OCH3 is 1. The molecule has 202 valence electrons. The number of aromatic nitrogens is 1. The summed E-state index contributed by atoms with van der Waals surface area (Å²) in [5.41, 5.74) is 0.430. The topological polar surface area (TPSA) is 89.0 Å². The number of amides is 1. The Morgan fingerprint density at radius 3 is 2.59 bits per heavy atom. The Hall–Kier alpha value is -1.89. The van der Waals surface area contributed by atoms with Crippen LogP contribution in [0.3, 0.4) is 0 Å². The number of thioether (sulfide) groups is 1. The summed E-state index contributed by atoms with van der Waals surface area (Å²) < 4.78 is 35.9. The molecule has 1 aliphatic heterocycles. The van der Waals surface area contributed by atoms with Crippen LogP contribution in [0.1, 0.15) is 12.8 Å². The van der Waals surface area contributed by atoms with Crippen molar-refractivity contribution in [2.75, 3.05) is 63.4 Å². The third-order valence-electron chi connectivity index (χ3n) is 5.91. The third-order valence-corrected chi connectivity index (χ3v) is 9.18. The summed E-state index contributed by atoms with van der Waals surface area (Å²) in [5, 5.41) is 0.544. The van der Waals surface area contributed by atoms with Gasteiger partial charge in [0, 0.05) is 43.8 Å². The molecule has 4 rings (SSSR count). The Morgan fingerprint density at radius 2 is 1.92 bits per heavy atom. The number of hydrogen-bond acceptors (Lipinski definition) is 9. The molecule has 0 N–H and O–H groups in total. The van der Waals surface area contributed by atoms with Gasteiger partial charge >= 0.3 is 0 Å². The molecule has 0 radical (unpaired) electrons. The Bertz CT molecular complexity index is 1280. The van der Waals surface area contributed by atoms with Gasteiger partial charge in [0.25, 0.3) is 0 Å². The van der Waals surface area contributed by atoms with E-state index in [1.165, 1.54) is 17.6 Å². The number of benzene rings is 2. The van der Waals surface area contributed by atoms with Crippen LogP contribution in [0.15, 0.2) is 52.3 Å². The second-order valence-corrected chi connectivity index (χ2v) is 12.7. The van der Waals surface area contributed by atoms with Gasteiger partial charge in [-0.1, -0.05) is 17.4 Å². The highest BCUT2D eigenvalue weighted by atomic mass is 35.5. The van der Waals surface area contributed by atoms with Crippen LogP contribution < -0.4 is 9.64 Å². The molecule has 0 atom stereocenters. The first-order chi connectivity index (χ1) is 17.3. The van der Waals surface area contributed by atoms with E-state index >= 15 is 0 Å². The first kappa shape index (κ1) is 29.7. The maximum Gasteiger partial charge on any atom is 0.228 e. The molecule has 1 fully saturated rings. The number of fused-ring (bicyclic) bond motifs is 1. The van der Waals surface area contributed by atoms with Gasteiger partial charge in [-0.15, -0.1) is 24.2 Å². The lowest BCUT2D eigenvalue weighted by Crippen LogP contribution is -2.43. The summed E-state index contributed by atoms with van der Waals surface area (Å²) in [5.74, 6) is 1.63. The van der Waals surface area contributed by atoms with Crippen LogP contribution in [0.25, 0.3) is 10.2 Å². The van der Waals surface area contributed by atoms with Crippen molar-refractivity contribution >= 4 is 66.6 Å². The van der Waals surface area contributed by atoms with Crippen molar-refractivity contribution in [2.24, 2.45) is 0 Å². The van der Waals surface area contributed by atoms with Gasteiger partial charge in [0.05, 0.1) is 29.9 Å². The minimum Gasteiger partial charge on any atom is -0.497 e. The molecule has 2 aromatic carbocycles. The van der Waals surface area contributed by atoms with E-state index in [9.17, 15) is 13.2 Å². The molecule has 1 aliphatic rings. The van der Waals surface area contributed by atoms with Crippen LogP contribution in [-0.2, 0) is 19.4 Å². The van der Waals surface area contributed by atoms with Crippen molar-refractivity contribution < 1.29 is 22.7 Å².